The second-order valence-electron chi connectivity index (χ2n) is 5.85. The number of esters is 1. The van der Waals surface area contributed by atoms with Gasteiger partial charge in [0.05, 0.1) is 5.75 Å². The fourth-order valence-electron chi connectivity index (χ4n) is 2.67. The normalized spacial score (nSPS) is 26.0. The molecule has 10 heteroatoms. The van der Waals surface area contributed by atoms with Crippen LogP contribution in [0.1, 0.15) is 19.8 Å². The summed E-state index contributed by atoms with van der Waals surface area (Å²) in [5, 5.41) is 1.88. The summed E-state index contributed by atoms with van der Waals surface area (Å²) in [4.78, 5) is 48.8. The van der Waals surface area contributed by atoms with E-state index in [9.17, 15) is 19.2 Å². The van der Waals surface area contributed by atoms with Gasteiger partial charge in [0.2, 0.25) is 11.4 Å². The summed E-state index contributed by atoms with van der Waals surface area (Å²) in [6.07, 6.45) is 2.46. The molecule has 0 bridgehead atoms. The first kappa shape index (κ1) is 20.7. The maximum atomic E-state index is 12.3. The number of ketones is 1. The van der Waals surface area contributed by atoms with E-state index in [-0.39, 0.29) is 24.1 Å². The van der Waals surface area contributed by atoms with E-state index in [0.717, 1.165) is 23.1 Å². The number of amides is 2. The molecule has 0 aromatic carbocycles. The molecule has 0 spiro atoms. The fourth-order valence-corrected chi connectivity index (χ4v) is 4.30. The molecule has 0 aromatic rings. The lowest BCUT2D eigenvalue weighted by molar-refractivity contribution is -0.159. The SMILES string of the molecule is C=CCOC(=O)C(Cl)N1C(=O)C(NC(C)=O)C1SCC(=O)C1CCCO1. The zero-order valence-corrected chi connectivity index (χ0v) is 15.9. The molecule has 1 N–H and O–H groups in total. The number of carbonyl (C=O) groups excluding carboxylic acids is 4. The number of hydrogen-bond donors (Lipinski definition) is 1. The van der Waals surface area contributed by atoms with E-state index in [1.807, 2.05) is 0 Å². The average Bonchev–Trinajstić information content (AvgIpc) is 3.14. The van der Waals surface area contributed by atoms with Crippen molar-refractivity contribution in [3.8, 4) is 0 Å². The van der Waals surface area contributed by atoms with E-state index in [4.69, 9.17) is 21.1 Å². The second kappa shape index (κ2) is 9.38. The van der Waals surface area contributed by atoms with Crippen molar-refractivity contribution in [2.75, 3.05) is 19.0 Å². The van der Waals surface area contributed by atoms with Crippen molar-refractivity contribution < 1.29 is 28.7 Å². The third-order valence-electron chi connectivity index (χ3n) is 3.91. The van der Waals surface area contributed by atoms with Crippen LogP contribution in [0.15, 0.2) is 12.7 Å². The predicted octanol–water partition coefficient (Wildman–Crippen LogP) is 0.435. The molecule has 8 nitrogen and oxygen atoms in total. The number of likely N-dealkylation sites (tertiary alicyclic amines) is 1. The molecule has 2 aliphatic heterocycles. The number of alkyl halides is 1. The monoisotopic (exact) mass is 404 g/mol. The van der Waals surface area contributed by atoms with Crippen molar-refractivity contribution in [3.63, 3.8) is 0 Å². The molecule has 144 valence electrons. The van der Waals surface area contributed by atoms with E-state index < -0.39 is 34.9 Å². The number of thioether (sulfide) groups is 1. The molecule has 0 aromatic heterocycles. The average molecular weight is 405 g/mol. The highest BCUT2D eigenvalue weighted by molar-refractivity contribution is 8.00. The third kappa shape index (κ3) is 4.77. The second-order valence-corrected chi connectivity index (χ2v) is 7.37. The van der Waals surface area contributed by atoms with Gasteiger partial charge in [-0.05, 0) is 12.8 Å². The van der Waals surface area contributed by atoms with Crippen molar-refractivity contribution in [2.24, 2.45) is 0 Å². The van der Waals surface area contributed by atoms with Gasteiger partial charge in [0, 0.05) is 13.5 Å². The molecule has 0 aliphatic carbocycles. The highest BCUT2D eigenvalue weighted by atomic mass is 35.5. The molecule has 2 rings (SSSR count). The van der Waals surface area contributed by atoms with Gasteiger partial charge in [0.25, 0.3) is 5.91 Å². The largest absolute Gasteiger partial charge is 0.459 e. The first-order valence-corrected chi connectivity index (χ1v) is 9.62. The maximum absolute atomic E-state index is 12.3. The van der Waals surface area contributed by atoms with E-state index in [1.165, 1.54) is 13.0 Å². The van der Waals surface area contributed by atoms with Crippen LogP contribution in [-0.2, 0) is 28.7 Å². The summed E-state index contributed by atoms with van der Waals surface area (Å²) in [6, 6.07) is -0.844. The van der Waals surface area contributed by atoms with Crippen molar-refractivity contribution in [1.29, 1.82) is 0 Å². The van der Waals surface area contributed by atoms with E-state index >= 15 is 0 Å². The summed E-state index contributed by atoms with van der Waals surface area (Å²) in [7, 11) is 0. The van der Waals surface area contributed by atoms with Crippen molar-refractivity contribution in [3.05, 3.63) is 12.7 Å². The predicted molar refractivity (Wildman–Crippen MR) is 95.5 cm³/mol. The van der Waals surface area contributed by atoms with Crippen LogP contribution in [0.4, 0.5) is 0 Å². The smallest absolute Gasteiger partial charge is 0.344 e. The van der Waals surface area contributed by atoms with Gasteiger partial charge < -0.3 is 14.8 Å². The van der Waals surface area contributed by atoms with E-state index in [2.05, 4.69) is 11.9 Å². The zero-order chi connectivity index (χ0) is 19.3. The summed E-state index contributed by atoms with van der Waals surface area (Å²) in [5.41, 5.74) is -1.34. The minimum Gasteiger partial charge on any atom is -0.459 e. The standard InChI is InChI=1S/C16H21ClN2O6S/c1-3-6-25-16(23)13(17)19-14(22)12(18-9(2)20)15(19)26-8-10(21)11-5-4-7-24-11/h3,11-13,15H,1,4-8H2,2H3,(H,18,20). The van der Waals surface area contributed by atoms with E-state index in [0.29, 0.717) is 13.0 Å². The Hall–Kier alpha value is -1.58. The molecule has 2 heterocycles. The van der Waals surface area contributed by atoms with Crippen molar-refractivity contribution in [1.82, 2.24) is 10.2 Å². The molecule has 2 saturated heterocycles. The Labute approximate surface area is 160 Å². The molecular formula is C16H21ClN2O6S. The van der Waals surface area contributed by atoms with Crippen LogP contribution in [0.2, 0.25) is 0 Å². The Bertz CT molecular complexity index is 595. The van der Waals surface area contributed by atoms with Gasteiger partial charge in [0.15, 0.2) is 5.78 Å². The Morgan fingerprint density at radius 3 is 2.85 bits per heavy atom. The minimum absolute atomic E-state index is 0.0332. The lowest BCUT2D eigenvalue weighted by Crippen LogP contribution is -2.72. The van der Waals surface area contributed by atoms with Crippen molar-refractivity contribution in [2.45, 2.75) is 42.8 Å². The molecule has 2 aliphatic rings. The Morgan fingerprint density at radius 1 is 1.54 bits per heavy atom. The lowest BCUT2D eigenvalue weighted by Gasteiger charge is -2.47. The van der Waals surface area contributed by atoms with Gasteiger partial charge in [-0.1, -0.05) is 24.3 Å². The lowest BCUT2D eigenvalue weighted by atomic mass is 10.1. The minimum atomic E-state index is -1.34. The van der Waals surface area contributed by atoms with Crippen LogP contribution < -0.4 is 5.32 Å². The van der Waals surface area contributed by atoms with Gasteiger partial charge in [-0.25, -0.2) is 4.79 Å². The van der Waals surface area contributed by atoms with Crippen LogP contribution in [-0.4, -0.2) is 70.5 Å². The summed E-state index contributed by atoms with van der Waals surface area (Å²) in [6.45, 7) is 5.24. The van der Waals surface area contributed by atoms with Crippen LogP contribution in [0.3, 0.4) is 0 Å². The number of carbonyl (C=O) groups is 4. The zero-order valence-electron chi connectivity index (χ0n) is 14.3. The van der Waals surface area contributed by atoms with Crippen molar-refractivity contribution >= 4 is 46.9 Å². The Balaban J connectivity index is 2.01. The Morgan fingerprint density at radius 2 is 2.27 bits per heavy atom. The number of Topliss-reactive ketones (excluding diaryl/α,β-unsaturated/α-hetero) is 1. The quantitative estimate of drug-likeness (QED) is 0.195. The molecule has 0 radical (unpaired) electrons. The molecule has 4 unspecified atom stereocenters. The molecule has 2 fully saturated rings. The van der Waals surface area contributed by atoms with Crippen LogP contribution in [0.25, 0.3) is 0 Å². The van der Waals surface area contributed by atoms with Crippen LogP contribution in [0, 0.1) is 0 Å². The number of hydrogen-bond acceptors (Lipinski definition) is 7. The van der Waals surface area contributed by atoms with Gasteiger partial charge in [-0.3, -0.25) is 19.3 Å². The molecule has 0 saturated carbocycles. The Kier molecular flexibility index (Phi) is 7.48. The van der Waals surface area contributed by atoms with Gasteiger partial charge in [-0.15, -0.1) is 11.8 Å². The number of halogens is 1. The molecule has 26 heavy (non-hydrogen) atoms. The first-order valence-electron chi connectivity index (χ1n) is 8.13. The fraction of sp³-hybridized carbons (Fsp3) is 0.625. The van der Waals surface area contributed by atoms with Crippen LogP contribution in [0.5, 0.6) is 0 Å². The maximum Gasteiger partial charge on any atom is 0.344 e. The first-order chi connectivity index (χ1) is 12.4. The number of nitrogens with zero attached hydrogens (tertiary/aromatic N) is 1. The molecule has 2 amide bonds. The van der Waals surface area contributed by atoms with Gasteiger partial charge in [0.1, 0.15) is 24.1 Å². The number of β-lactam (4-membered cyclic amide) rings is 1. The number of ether oxygens (including phenoxy) is 2. The topological polar surface area (TPSA) is 102 Å². The highest BCUT2D eigenvalue weighted by Crippen LogP contribution is 2.34. The van der Waals surface area contributed by atoms with E-state index in [1.54, 1.807) is 0 Å². The van der Waals surface area contributed by atoms with Crippen LogP contribution >= 0.6 is 23.4 Å². The number of nitrogens with one attached hydrogen (secondary N) is 1. The molecule has 4 atom stereocenters. The van der Waals surface area contributed by atoms with Gasteiger partial charge in [-0.2, -0.15) is 0 Å². The van der Waals surface area contributed by atoms with Gasteiger partial charge >= 0.3 is 5.97 Å². The summed E-state index contributed by atoms with van der Waals surface area (Å²) in [5.74, 6) is -1.69. The molecular weight excluding hydrogens is 384 g/mol. The summed E-state index contributed by atoms with van der Waals surface area (Å²) < 4.78 is 10.2. The summed E-state index contributed by atoms with van der Waals surface area (Å²) >= 11 is 7.20. The third-order valence-corrected chi connectivity index (χ3v) is 5.59. The highest BCUT2D eigenvalue weighted by Gasteiger charge is 2.53. The number of rotatable bonds is 9.